The Morgan fingerprint density at radius 1 is 1.03 bits per heavy atom. The molecule has 2 aromatic rings. The average Bonchev–Trinajstić information content (AvgIpc) is 3.24. The van der Waals surface area contributed by atoms with Gasteiger partial charge in [-0.2, -0.15) is 0 Å². The molecule has 0 radical (unpaired) electrons. The van der Waals surface area contributed by atoms with Crippen LogP contribution in [0.5, 0.6) is 5.75 Å². The van der Waals surface area contributed by atoms with Crippen LogP contribution in [0.2, 0.25) is 0 Å². The number of benzene rings is 2. The molecule has 0 heterocycles. The molecule has 156 valence electrons. The largest absolute Gasteiger partial charge is 0.494 e. The lowest BCUT2D eigenvalue weighted by Gasteiger charge is -2.27. The molecule has 1 aliphatic rings. The van der Waals surface area contributed by atoms with Crippen LogP contribution in [0.1, 0.15) is 49.9 Å². The molecule has 0 unspecified atom stereocenters. The van der Waals surface area contributed by atoms with E-state index >= 15 is 0 Å². The zero-order valence-electron chi connectivity index (χ0n) is 16.9. The predicted molar refractivity (Wildman–Crippen MR) is 114 cm³/mol. The van der Waals surface area contributed by atoms with Crippen molar-refractivity contribution in [1.29, 1.82) is 0 Å². The van der Waals surface area contributed by atoms with Crippen molar-refractivity contribution in [2.75, 3.05) is 17.9 Å². The van der Waals surface area contributed by atoms with Crippen LogP contribution in [0.25, 0.3) is 0 Å². The van der Waals surface area contributed by atoms with E-state index < -0.39 is 10.0 Å². The molecule has 0 spiro atoms. The number of hydrogen-bond donors (Lipinski definition) is 1. The average molecular weight is 417 g/mol. The Morgan fingerprint density at radius 3 is 2.21 bits per heavy atom. The lowest BCUT2D eigenvalue weighted by Crippen LogP contribution is -2.38. The Labute approximate surface area is 172 Å². The van der Waals surface area contributed by atoms with Crippen LogP contribution in [0.15, 0.2) is 53.4 Å². The topological polar surface area (TPSA) is 75.7 Å². The quantitative estimate of drug-likeness (QED) is 0.696. The lowest BCUT2D eigenvalue weighted by atomic mass is 10.1. The minimum Gasteiger partial charge on any atom is -0.494 e. The molecule has 29 heavy (non-hydrogen) atoms. The third-order valence-corrected chi connectivity index (χ3v) is 6.59. The van der Waals surface area contributed by atoms with Gasteiger partial charge in [-0.15, -0.1) is 0 Å². The maximum absolute atomic E-state index is 12.8. The van der Waals surface area contributed by atoms with Gasteiger partial charge in [0.2, 0.25) is 0 Å². The summed E-state index contributed by atoms with van der Waals surface area (Å²) in [4.78, 5) is 14.9. The number of carbonyl (C=O) groups is 1. The van der Waals surface area contributed by atoms with Gasteiger partial charge in [0, 0.05) is 23.8 Å². The highest BCUT2D eigenvalue weighted by molar-refractivity contribution is 7.92. The molecule has 1 N–H and O–H groups in total. The van der Waals surface area contributed by atoms with Crippen molar-refractivity contribution >= 4 is 21.6 Å². The molecular weight excluding hydrogens is 388 g/mol. The van der Waals surface area contributed by atoms with E-state index in [2.05, 4.69) is 4.72 Å². The molecule has 0 bridgehead atoms. The molecule has 0 atom stereocenters. The standard InChI is InChI=1S/C22H28N2O4S/c1-3-24(19-7-5-6-8-19)22(25)17-9-15-21(16-10-17)29(26,27)23-18-11-13-20(14-12-18)28-4-2/h9-16,19,23H,3-8H2,1-2H3. The van der Waals surface area contributed by atoms with Crippen molar-refractivity contribution in [3.63, 3.8) is 0 Å². The van der Waals surface area contributed by atoms with Gasteiger partial charge in [-0.05, 0) is 75.2 Å². The Morgan fingerprint density at radius 2 is 1.66 bits per heavy atom. The van der Waals surface area contributed by atoms with Gasteiger partial charge in [-0.3, -0.25) is 9.52 Å². The number of anilines is 1. The minimum atomic E-state index is -3.74. The van der Waals surface area contributed by atoms with Crippen molar-refractivity contribution in [2.45, 2.75) is 50.5 Å². The summed E-state index contributed by atoms with van der Waals surface area (Å²) in [6, 6.07) is 13.2. The van der Waals surface area contributed by atoms with E-state index in [-0.39, 0.29) is 16.8 Å². The van der Waals surface area contributed by atoms with Crippen molar-refractivity contribution in [1.82, 2.24) is 4.90 Å². The minimum absolute atomic E-state index is 0.0391. The molecule has 0 aromatic heterocycles. The van der Waals surface area contributed by atoms with Gasteiger partial charge in [0.25, 0.3) is 15.9 Å². The molecule has 1 aliphatic carbocycles. The van der Waals surface area contributed by atoms with E-state index in [1.165, 1.54) is 12.1 Å². The highest BCUT2D eigenvalue weighted by Crippen LogP contribution is 2.25. The van der Waals surface area contributed by atoms with Crippen molar-refractivity contribution < 1.29 is 17.9 Å². The molecule has 1 saturated carbocycles. The van der Waals surface area contributed by atoms with Crippen molar-refractivity contribution in [3.05, 3.63) is 54.1 Å². The zero-order chi connectivity index (χ0) is 20.9. The summed E-state index contributed by atoms with van der Waals surface area (Å²) in [5.74, 6) is 0.642. The first-order chi connectivity index (χ1) is 13.9. The monoisotopic (exact) mass is 416 g/mol. The first kappa shape index (κ1) is 21.2. The second kappa shape index (κ2) is 9.31. The smallest absolute Gasteiger partial charge is 0.261 e. The van der Waals surface area contributed by atoms with Crippen LogP contribution >= 0.6 is 0 Å². The molecule has 6 nitrogen and oxygen atoms in total. The summed E-state index contributed by atoms with van der Waals surface area (Å²) in [5, 5.41) is 0. The predicted octanol–water partition coefficient (Wildman–Crippen LogP) is 4.29. The second-order valence-corrected chi connectivity index (χ2v) is 8.80. The normalized spacial score (nSPS) is 14.6. The molecule has 7 heteroatoms. The van der Waals surface area contributed by atoms with Gasteiger partial charge in [0.15, 0.2) is 0 Å². The van der Waals surface area contributed by atoms with E-state index in [1.54, 1.807) is 36.4 Å². The van der Waals surface area contributed by atoms with Gasteiger partial charge >= 0.3 is 0 Å². The third-order valence-electron chi connectivity index (χ3n) is 5.20. The number of rotatable bonds is 8. The number of ether oxygens (including phenoxy) is 1. The Balaban J connectivity index is 1.71. The second-order valence-electron chi connectivity index (χ2n) is 7.12. The van der Waals surface area contributed by atoms with E-state index in [0.29, 0.717) is 30.2 Å². The molecular formula is C22H28N2O4S. The van der Waals surface area contributed by atoms with Gasteiger partial charge < -0.3 is 9.64 Å². The summed E-state index contributed by atoms with van der Waals surface area (Å²) in [7, 11) is -3.74. The Hall–Kier alpha value is -2.54. The first-order valence-corrected chi connectivity index (χ1v) is 11.6. The summed E-state index contributed by atoms with van der Waals surface area (Å²) in [6.07, 6.45) is 4.39. The molecule has 3 rings (SSSR count). The van der Waals surface area contributed by atoms with Gasteiger partial charge in [0.1, 0.15) is 5.75 Å². The number of nitrogens with zero attached hydrogens (tertiary/aromatic N) is 1. The molecule has 1 amide bonds. The summed E-state index contributed by atoms with van der Waals surface area (Å²) >= 11 is 0. The zero-order valence-corrected chi connectivity index (χ0v) is 17.7. The maximum Gasteiger partial charge on any atom is 0.261 e. The molecule has 0 saturated heterocycles. The first-order valence-electron chi connectivity index (χ1n) is 10.1. The van der Waals surface area contributed by atoms with E-state index in [1.807, 2.05) is 18.7 Å². The number of sulfonamides is 1. The summed E-state index contributed by atoms with van der Waals surface area (Å²) in [6.45, 7) is 5.07. The highest BCUT2D eigenvalue weighted by atomic mass is 32.2. The van der Waals surface area contributed by atoms with Crippen LogP contribution < -0.4 is 9.46 Å². The third kappa shape index (κ3) is 5.09. The van der Waals surface area contributed by atoms with Crippen LogP contribution in [-0.2, 0) is 10.0 Å². The van der Waals surface area contributed by atoms with Crippen LogP contribution in [0, 0.1) is 0 Å². The number of nitrogens with one attached hydrogen (secondary N) is 1. The van der Waals surface area contributed by atoms with Crippen molar-refractivity contribution in [2.24, 2.45) is 0 Å². The van der Waals surface area contributed by atoms with E-state index in [0.717, 1.165) is 25.7 Å². The Bertz CT molecular complexity index is 918. The number of amides is 1. The van der Waals surface area contributed by atoms with Crippen LogP contribution in [-0.4, -0.2) is 38.4 Å². The number of hydrogen-bond acceptors (Lipinski definition) is 4. The summed E-state index contributed by atoms with van der Waals surface area (Å²) < 4.78 is 33.2. The lowest BCUT2D eigenvalue weighted by molar-refractivity contribution is 0.0693. The maximum atomic E-state index is 12.8. The van der Waals surface area contributed by atoms with Gasteiger partial charge in [-0.25, -0.2) is 8.42 Å². The van der Waals surface area contributed by atoms with E-state index in [9.17, 15) is 13.2 Å². The fraction of sp³-hybridized carbons (Fsp3) is 0.409. The number of carbonyl (C=O) groups excluding carboxylic acids is 1. The Kier molecular flexibility index (Phi) is 6.79. The molecule has 1 fully saturated rings. The molecule has 2 aromatic carbocycles. The fourth-order valence-corrected chi connectivity index (χ4v) is 4.78. The van der Waals surface area contributed by atoms with Gasteiger partial charge in [-0.1, -0.05) is 12.8 Å². The van der Waals surface area contributed by atoms with E-state index in [4.69, 9.17) is 4.74 Å². The van der Waals surface area contributed by atoms with Crippen LogP contribution in [0.3, 0.4) is 0 Å². The SMILES string of the molecule is CCOc1ccc(NS(=O)(=O)c2ccc(C(=O)N(CC)C3CCCC3)cc2)cc1. The van der Waals surface area contributed by atoms with Gasteiger partial charge in [0.05, 0.1) is 11.5 Å². The highest BCUT2D eigenvalue weighted by Gasteiger charge is 2.26. The van der Waals surface area contributed by atoms with Crippen molar-refractivity contribution in [3.8, 4) is 5.75 Å². The van der Waals surface area contributed by atoms with Crippen LogP contribution in [0.4, 0.5) is 5.69 Å². The molecule has 0 aliphatic heterocycles. The summed E-state index contributed by atoms with van der Waals surface area (Å²) in [5.41, 5.74) is 0.964. The fourth-order valence-electron chi connectivity index (χ4n) is 3.73.